The zero-order valence-corrected chi connectivity index (χ0v) is 11.0. The molecule has 2 heterocycles. The van der Waals surface area contributed by atoms with Crippen LogP contribution in [0.15, 0.2) is 35.0 Å². The number of fused-ring (bicyclic) bond motifs is 1. The molecular formula is C16H14N2O2. The van der Waals surface area contributed by atoms with E-state index in [1.165, 1.54) is 0 Å². The van der Waals surface area contributed by atoms with Gasteiger partial charge < -0.3 is 4.42 Å². The summed E-state index contributed by atoms with van der Waals surface area (Å²) in [5, 5.41) is 9.27. The number of aromatic nitrogens is 1. The summed E-state index contributed by atoms with van der Waals surface area (Å²) < 4.78 is 5.65. The summed E-state index contributed by atoms with van der Waals surface area (Å²) in [7, 11) is 0. The van der Waals surface area contributed by atoms with E-state index < -0.39 is 5.92 Å². The van der Waals surface area contributed by atoms with Crippen molar-refractivity contribution in [3.05, 3.63) is 53.2 Å². The van der Waals surface area contributed by atoms with E-state index in [4.69, 9.17) is 4.42 Å². The molecule has 2 aromatic heterocycles. The highest BCUT2D eigenvalue weighted by Crippen LogP contribution is 2.28. The molecule has 0 aromatic carbocycles. The number of carbonyl (C=O) groups is 1. The lowest BCUT2D eigenvalue weighted by Gasteiger charge is -2.07. The second-order valence-corrected chi connectivity index (χ2v) is 4.98. The van der Waals surface area contributed by atoms with Crippen molar-refractivity contribution < 1.29 is 9.21 Å². The monoisotopic (exact) mass is 266 g/mol. The summed E-state index contributed by atoms with van der Waals surface area (Å²) in [6.07, 6.45) is 7.23. The molecule has 0 spiro atoms. The average molecular weight is 266 g/mol. The summed E-state index contributed by atoms with van der Waals surface area (Å²) in [5.41, 5.74) is 1.72. The third-order valence-corrected chi connectivity index (χ3v) is 3.65. The number of nitrogens with zero attached hydrogens (tertiary/aromatic N) is 2. The molecule has 0 amide bonds. The number of hydrogen-bond donors (Lipinski definition) is 0. The Morgan fingerprint density at radius 2 is 2.25 bits per heavy atom. The number of nitriles is 1. The average Bonchev–Trinajstić information content (AvgIpc) is 2.93. The molecule has 4 heteroatoms. The number of pyridine rings is 1. The van der Waals surface area contributed by atoms with Crippen LogP contribution >= 0.6 is 0 Å². The largest absolute Gasteiger partial charge is 0.458 e. The van der Waals surface area contributed by atoms with Crippen LogP contribution in [0.25, 0.3) is 0 Å². The molecule has 1 unspecified atom stereocenters. The third kappa shape index (κ3) is 2.23. The van der Waals surface area contributed by atoms with Crippen LogP contribution in [0, 0.1) is 11.3 Å². The molecule has 0 fully saturated rings. The minimum atomic E-state index is -0.851. The van der Waals surface area contributed by atoms with Gasteiger partial charge in [-0.05, 0) is 42.5 Å². The predicted octanol–water partition coefficient (Wildman–Crippen LogP) is 3.04. The van der Waals surface area contributed by atoms with Crippen LogP contribution < -0.4 is 0 Å². The van der Waals surface area contributed by atoms with Gasteiger partial charge in [0.1, 0.15) is 11.7 Å². The van der Waals surface area contributed by atoms with Gasteiger partial charge in [-0.3, -0.25) is 9.78 Å². The Balaban J connectivity index is 1.91. The van der Waals surface area contributed by atoms with Crippen molar-refractivity contribution in [3.8, 4) is 6.07 Å². The van der Waals surface area contributed by atoms with Crippen molar-refractivity contribution >= 4 is 5.78 Å². The Labute approximate surface area is 117 Å². The highest BCUT2D eigenvalue weighted by atomic mass is 16.3. The minimum absolute atomic E-state index is 0.282. The molecule has 0 saturated heterocycles. The fourth-order valence-electron chi connectivity index (χ4n) is 2.59. The first-order chi connectivity index (χ1) is 9.79. The number of aryl methyl sites for hydroxylation is 2. The molecule has 0 N–H and O–H groups in total. The van der Waals surface area contributed by atoms with Gasteiger partial charge in [0, 0.05) is 18.8 Å². The first-order valence-corrected chi connectivity index (χ1v) is 6.75. The van der Waals surface area contributed by atoms with Crippen molar-refractivity contribution in [3.63, 3.8) is 0 Å². The van der Waals surface area contributed by atoms with Crippen molar-refractivity contribution in [2.75, 3.05) is 0 Å². The standard InChI is InChI=1S/C16H14N2O2/c17-9-13(12-5-3-7-18-10-12)16(19)15-8-11-4-1-2-6-14(11)20-15/h3,5,7-8,10,13H,1-2,4,6H2. The van der Waals surface area contributed by atoms with Crippen LogP contribution in [0.1, 0.15) is 46.2 Å². The normalized spacial score (nSPS) is 15.2. The summed E-state index contributed by atoms with van der Waals surface area (Å²) in [6, 6.07) is 7.31. The number of Topliss-reactive ketones (excluding diaryl/α,β-unsaturated/α-hetero) is 1. The van der Waals surface area contributed by atoms with Crippen LogP contribution in [0.3, 0.4) is 0 Å². The summed E-state index contributed by atoms with van der Waals surface area (Å²) >= 11 is 0. The van der Waals surface area contributed by atoms with Crippen molar-refractivity contribution in [1.82, 2.24) is 4.98 Å². The van der Waals surface area contributed by atoms with Crippen molar-refractivity contribution in [2.45, 2.75) is 31.6 Å². The van der Waals surface area contributed by atoms with E-state index in [1.54, 1.807) is 30.6 Å². The van der Waals surface area contributed by atoms with Gasteiger partial charge in [0.15, 0.2) is 5.76 Å². The van der Waals surface area contributed by atoms with Gasteiger partial charge in [0.05, 0.1) is 6.07 Å². The van der Waals surface area contributed by atoms with E-state index in [0.717, 1.165) is 37.0 Å². The zero-order chi connectivity index (χ0) is 13.9. The lowest BCUT2D eigenvalue weighted by molar-refractivity contribution is 0.0950. The Morgan fingerprint density at radius 1 is 1.40 bits per heavy atom. The summed E-state index contributed by atoms with van der Waals surface area (Å²) in [4.78, 5) is 16.4. The molecular weight excluding hydrogens is 252 g/mol. The molecule has 100 valence electrons. The van der Waals surface area contributed by atoms with Gasteiger partial charge in [-0.2, -0.15) is 5.26 Å². The number of ketones is 1. The molecule has 3 rings (SSSR count). The number of rotatable bonds is 3. The lowest BCUT2D eigenvalue weighted by Crippen LogP contribution is -2.10. The Kier molecular flexibility index (Phi) is 3.34. The number of carbonyl (C=O) groups excluding carboxylic acids is 1. The number of hydrogen-bond acceptors (Lipinski definition) is 4. The second-order valence-electron chi connectivity index (χ2n) is 4.98. The smallest absolute Gasteiger partial charge is 0.219 e. The van der Waals surface area contributed by atoms with Crippen molar-refractivity contribution in [1.29, 1.82) is 5.26 Å². The van der Waals surface area contributed by atoms with E-state index in [2.05, 4.69) is 4.98 Å². The van der Waals surface area contributed by atoms with Gasteiger partial charge in [-0.25, -0.2) is 0 Å². The first kappa shape index (κ1) is 12.6. The van der Waals surface area contributed by atoms with E-state index >= 15 is 0 Å². The zero-order valence-electron chi connectivity index (χ0n) is 11.0. The number of furan rings is 1. The van der Waals surface area contributed by atoms with Gasteiger partial charge in [-0.15, -0.1) is 0 Å². The maximum Gasteiger partial charge on any atom is 0.219 e. The van der Waals surface area contributed by atoms with Gasteiger partial charge >= 0.3 is 0 Å². The maximum atomic E-state index is 12.5. The van der Waals surface area contributed by atoms with Gasteiger partial charge in [0.2, 0.25) is 5.78 Å². The lowest BCUT2D eigenvalue weighted by atomic mass is 9.95. The minimum Gasteiger partial charge on any atom is -0.458 e. The van der Waals surface area contributed by atoms with Gasteiger partial charge in [-0.1, -0.05) is 6.07 Å². The summed E-state index contributed by atoms with van der Waals surface area (Å²) in [6.45, 7) is 0. The first-order valence-electron chi connectivity index (χ1n) is 6.75. The van der Waals surface area contributed by atoms with E-state index in [0.29, 0.717) is 11.3 Å². The Bertz CT molecular complexity index is 644. The summed E-state index contributed by atoms with van der Waals surface area (Å²) in [5.74, 6) is 0.0704. The Hall–Kier alpha value is -2.41. The van der Waals surface area contributed by atoms with Crippen molar-refractivity contribution in [2.24, 2.45) is 0 Å². The molecule has 1 atom stereocenters. The predicted molar refractivity (Wildman–Crippen MR) is 72.3 cm³/mol. The van der Waals surface area contributed by atoms with E-state index in [1.807, 2.05) is 6.07 Å². The van der Waals surface area contributed by atoms with Crippen LogP contribution in [0.4, 0.5) is 0 Å². The molecule has 0 aliphatic heterocycles. The van der Waals surface area contributed by atoms with Crippen LogP contribution in [0.5, 0.6) is 0 Å². The highest BCUT2D eigenvalue weighted by Gasteiger charge is 2.27. The fourth-order valence-corrected chi connectivity index (χ4v) is 2.59. The molecule has 0 bridgehead atoms. The third-order valence-electron chi connectivity index (χ3n) is 3.65. The second kappa shape index (κ2) is 5.30. The molecule has 0 radical (unpaired) electrons. The molecule has 0 saturated carbocycles. The molecule has 2 aromatic rings. The van der Waals surface area contributed by atoms with Crippen LogP contribution in [0.2, 0.25) is 0 Å². The SMILES string of the molecule is N#CC(C(=O)c1cc2c(o1)CCCC2)c1cccnc1. The maximum absolute atomic E-state index is 12.5. The Morgan fingerprint density at radius 3 is 2.95 bits per heavy atom. The van der Waals surface area contributed by atoms with Crippen LogP contribution in [-0.2, 0) is 12.8 Å². The van der Waals surface area contributed by atoms with E-state index in [-0.39, 0.29) is 5.78 Å². The topological polar surface area (TPSA) is 66.9 Å². The molecule has 1 aliphatic rings. The molecule has 4 nitrogen and oxygen atoms in total. The molecule has 20 heavy (non-hydrogen) atoms. The van der Waals surface area contributed by atoms with Gasteiger partial charge in [0.25, 0.3) is 0 Å². The van der Waals surface area contributed by atoms with E-state index in [9.17, 15) is 10.1 Å². The van der Waals surface area contributed by atoms with Crippen LogP contribution in [-0.4, -0.2) is 10.8 Å². The fraction of sp³-hybridized carbons (Fsp3) is 0.312. The molecule has 1 aliphatic carbocycles. The highest BCUT2D eigenvalue weighted by molar-refractivity contribution is 6.00. The quantitative estimate of drug-likeness (QED) is 0.801.